The van der Waals surface area contributed by atoms with Crippen LogP contribution in [-0.4, -0.2) is 38.2 Å². The minimum Gasteiger partial charge on any atom is -0.462 e. The van der Waals surface area contributed by atoms with Gasteiger partial charge in [-0.05, 0) is 46.2 Å². The van der Waals surface area contributed by atoms with Crippen molar-refractivity contribution < 1.29 is 9.53 Å². The summed E-state index contributed by atoms with van der Waals surface area (Å²) in [7, 11) is 0. The minimum absolute atomic E-state index is 0.281. The van der Waals surface area contributed by atoms with Crippen LogP contribution in [-0.2, 0) is 4.74 Å². The van der Waals surface area contributed by atoms with Crippen molar-refractivity contribution in [3.63, 3.8) is 0 Å². The van der Waals surface area contributed by atoms with Gasteiger partial charge in [0.1, 0.15) is 17.7 Å². The Balaban J connectivity index is 2.08. The number of aryl methyl sites for hydroxylation is 2. The highest BCUT2D eigenvalue weighted by Crippen LogP contribution is 2.34. The Morgan fingerprint density at radius 1 is 1.27 bits per heavy atom. The highest BCUT2D eigenvalue weighted by molar-refractivity contribution is 7.15. The number of hydrogen-bond acceptors (Lipinski definition) is 6. The third-order valence-corrected chi connectivity index (χ3v) is 5.45. The number of rotatable bonds is 5. The van der Waals surface area contributed by atoms with E-state index in [1.165, 1.54) is 17.3 Å². The van der Waals surface area contributed by atoms with Crippen molar-refractivity contribution in [3.05, 3.63) is 51.7 Å². The van der Waals surface area contributed by atoms with Crippen molar-refractivity contribution in [1.82, 2.24) is 19.4 Å². The quantitative estimate of drug-likeness (QED) is 0.509. The Morgan fingerprint density at radius 3 is 2.62 bits per heavy atom. The molecule has 0 aliphatic rings. The van der Waals surface area contributed by atoms with Crippen LogP contribution in [0.15, 0.2) is 23.8 Å². The lowest BCUT2D eigenvalue weighted by molar-refractivity contribution is 0.0526. The Labute approximate surface area is 155 Å². The first kappa shape index (κ1) is 18.1. The first-order valence-electron chi connectivity index (χ1n) is 8.29. The lowest BCUT2D eigenvalue weighted by Crippen LogP contribution is -2.10. The summed E-state index contributed by atoms with van der Waals surface area (Å²) in [6.07, 6.45) is 4.82. The second-order valence-corrected chi connectivity index (χ2v) is 7.14. The molecule has 3 heterocycles. The zero-order valence-corrected chi connectivity index (χ0v) is 16.3. The largest absolute Gasteiger partial charge is 0.462 e. The lowest BCUT2D eigenvalue weighted by atomic mass is 10.1. The standard InChI is InChI=1S/C18H21N5O2S/c1-6-25-18(24)16-12(3)14(5)26-17(16)23-11(2)7-15(13(23)4)8-21-22-9-19-20-10-22/h7-10H,6H2,1-5H3/b21-8-. The summed E-state index contributed by atoms with van der Waals surface area (Å²) < 4.78 is 8.90. The lowest BCUT2D eigenvalue weighted by Gasteiger charge is -2.10. The van der Waals surface area contributed by atoms with E-state index < -0.39 is 0 Å². The average Bonchev–Trinajstić information content (AvgIpc) is 3.27. The van der Waals surface area contributed by atoms with E-state index >= 15 is 0 Å². The Morgan fingerprint density at radius 2 is 1.96 bits per heavy atom. The Kier molecular flexibility index (Phi) is 5.03. The monoisotopic (exact) mass is 371 g/mol. The molecule has 0 radical (unpaired) electrons. The van der Waals surface area contributed by atoms with Gasteiger partial charge in [-0.15, -0.1) is 21.5 Å². The second-order valence-electron chi connectivity index (χ2n) is 5.93. The number of ether oxygens (including phenoxy) is 1. The molecule has 0 spiro atoms. The van der Waals surface area contributed by atoms with Gasteiger partial charge in [-0.3, -0.25) is 0 Å². The summed E-state index contributed by atoms with van der Waals surface area (Å²) in [4.78, 5) is 13.6. The fourth-order valence-corrected chi connectivity index (χ4v) is 4.08. The van der Waals surface area contributed by atoms with Crippen LogP contribution in [0.4, 0.5) is 0 Å². The molecule has 0 N–H and O–H groups in total. The maximum absolute atomic E-state index is 12.5. The molecule has 0 aliphatic carbocycles. The smallest absolute Gasteiger partial charge is 0.341 e. The van der Waals surface area contributed by atoms with E-state index in [1.54, 1.807) is 17.6 Å². The number of carbonyl (C=O) groups is 1. The van der Waals surface area contributed by atoms with Crippen molar-refractivity contribution in [3.8, 4) is 5.00 Å². The van der Waals surface area contributed by atoms with Crippen LogP contribution in [0.2, 0.25) is 0 Å². The highest BCUT2D eigenvalue weighted by Gasteiger charge is 2.24. The van der Waals surface area contributed by atoms with Gasteiger partial charge in [-0.1, -0.05) is 0 Å². The van der Waals surface area contributed by atoms with Crippen LogP contribution >= 0.6 is 11.3 Å². The van der Waals surface area contributed by atoms with E-state index in [1.807, 2.05) is 40.7 Å². The van der Waals surface area contributed by atoms with Crippen LogP contribution in [0, 0.1) is 27.7 Å². The summed E-state index contributed by atoms with van der Waals surface area (Å²) in [5.41, 5.74) is 4.61. The molecular weight excluding hydrogens is 350 g/mol. The predicted octanol–water partition coefficient (Wildman–Crippen LogP) is 3.42. The fraction of sp³-hybridized carbons (Fsp3) is 0.333. The number of hydrogen-bond donors (Lipinski definition) is 0. The molecule has 0 fully saturated rings. The van der Waals surface area contributed by atoms with Gasteiger partial charge in [-0.25, -0.2) is 9.47 Å². The summed E-state index contributed by atoms with van der Waals surface area (Å²) in [5, 5.41) is 12.7. The molecule has 3 aromatic rings. The van der Waals surface area contributed by atoms with Gasteiger partial charge in [0.25, 0.3) is 0 Å². The van der Waals surface area contributed by atoms with Gasteiger partial charge in [0, 0.05) is 21.8 Å². The molecule has 7 nitrogen and oxygen atoms in total. The van der Waals surface area contributed by atoms with E-state index in [4.69, 9.17) is 4.74 Å². The minimum atomic E-state index is -0.281. The molecule has 26 heavy (non-hydrogen) atoms. The zero-order chi connectivity index (χ0) is 18.8. The summed E-state index contributed by atoms with van der Waals surface area (Å²) in [5.74, 6) is -0.281. The first-order chi connectivity index (χ1) is 12.4. The van der Waals surface area contributed by atoms with E-state index in [0.29, 0.717) is 12.2 Å². The highest BCUT2D eigenvalue weighted by atomic mass is 32.1. The van der Waals surface area contributed by atoms with E-state index in [-0.39, 0.29) is 5.97 Å². The molecule has 0 amide bonds. The fourth-order valence-electron chi connectivity index (χ4n) is 2.82. The maximum atomic E-state index is 12.5. The predicted molar refractivity (Wildman–Crippen MR) is 102 cm³/mol. The van der Waals surface area contributed by atoms with Gasteiger partial charge < -0.3 is 9.30 Å². The van der Waals surface area contributed by atoms with Gasteiger partial charge in [0.05, 0.1) is 18.4 Å². The van der Waals surface area contributed by atoms with Gasteiger partial charge >= 0.3 is 5.97 Å². The average molecular weight is 371 g/mol. The van der Waals surface area contributed by atoms with Crippen molar-refractivity contribution >= 4 is 23.5 Å². The van der Waals surface area contributed by atoms with Crippen LogP contribution in [0.25, 0.3) is 5.00 Å². The van der Waals surface area contributed by atoms with E-state index in [0.717, 1.165) is 32.4 Å². The van der Waals surface area contributed by atoms with Crippen molar-refractivity contribution in [2.75, 3.05) is 6.61 Å². The van der Waals surface area contributed by atoms with Gasteiger partial charge in [-0.2, -0.15) is 5.10 Å². The summed E-state index contributed by atoms with van der Waals surface area (Å²) in [6.45, 7) is 10.2. The molecule has 136 valence electrons. The van der Waals surface area contributed by atoms with Crippen LogP contribution in [0.5, 0.6) is 0 Å². The van der Waals surface area contributed by atoms with Gasteiger partial charge in [0.2, 0.25) is 0 Å². The normalized spacial score (nSPS) is 11.4. The second kappa shape index (κ2) is 7.25. The SMILES string of the molecule is CCOC(=O)c1c(-n2c(C)cc(/C=N\n3cnnc3)c2C)sc(C)c1C. The molecule has 0 saturated heterocycles. The maximum Gasteiger partial charge on any atom is 0.341 e. The molecule has 8 heteroatoms. The number of thiophene rings is 1. The molecule has 0 aromatic carbocycles. The number of nitrogens with zero attached hydrogens (tertiary/aromatic N) is 5. The molecule has 0 atom stereocenters. The first-order valence-corrected chi connectivity index (χ1v) is 9.11. The van der Waals surface area contributed by atoms with Gasteiger partial charge in [0.15, 0.2) is 0 Å². The molecule has 0 aliphatic heterocycles. The topological polar surface area (TPSA) is 74.3 Å². The molecular formula is C18H21N5O2S. The molecule has 3 rings (SSSR count). The van der Waals surface area contributed by atoms with Crippen molar-refractivity contribution in [2.45, 2.75) is 34.6 Å². The Hall–Kier alpha value is -2.74. The van der Waals surface area contributed by atoms with Crippen LogP contribution in [0.1, 0.15) is 44.7 Å². The Bertz CT molecular complexity index is 967. The molecule has 0 saturated carbocycles. The van der Waals surface area contributed by atoms with E-state index in [9.17, 15) is 4.79 Å². The third-order valence-electron chi connectivity index (χ3n) is 4.26. The number of carbonyl (C=O) groups excluding carboxylic acids is 1. The van der Waals surface area contributed by atoms with Crippen molar-refractivity contribution in [2.24, 2.45) is 5.10 Å². The zero-order valence-electron chi connectivity index (χ0n) is 15.5. The van der Waals surface area contributed by atoms with Crippen LogP contribution in [0.3, 0.4) is 0 Å². The van der Waals surface area contributed by atoms with Crippen molar-refractivity contribution in [1.29, 1.82) is 0 Å². The number of aromatic nitrogens is 4. The number of esters is 1. The van der Waals surface area contributed by atoms with E-state index in [2.05, 4.69) is 19.9 Å². The van der Waals surface area contributed by atoms with Crippen LogP contribution < -0.4 is 0 Å². The molecule has 0 bridgehead atoms. The third kappa shape index (κ3) is 3.20. The molecule has 3 aromatic heterocycles. The summed E-state index contributed by atoms with van der Waals surface area (Å²) in [6, 6.07) is 2.04. The molecule has 0 unspecified atom stereocenters. The summed E-state index contributed by atoms with van der Waals surface area (Å²) >= 11 is 1.60.